The van der Waals surface area contributed by atoms with E-state index >= 15 is 0 Å². The number of rotatable bonds is 4. The van der Waals surface area contributed by atoms with Gasteiger partial charge < -0.3 is 4.74 Å². The van der Waals surface area contributed by atoms with Gasteiger partial charge in [-0.15, -0.1) is 0 Å². The predicted molar refractivity (Wildman–Crippen MR) is 81.6 cm³/mol. The van der Waals surface area contributed by atoms with E-state index in [-0.39, 0.29) is 5.78 Å². The lowest BCUT2D eigenvalue weighted by molar-refractivity contribution is 0.102. The summed E-state index contributed by atoms with van der Waals surface area (Å²) in [5, 5.41) is 0. The fourth-order valence-corrected chi connectivity index (χ4v) is 2.24. The molecule has 0 heterocycles. The number of hydrogen-bond acceptors (Lipinski definition) is 2. The summed E-state index contributed by atoms with van der Waals surface area (Å²) in [7, 11) is 1.64. The minimum atomic E-state index is 0.135. The number of methoxy groups -OCH3 is 1. The third-order valence-electron chi connectivity index (χ3n) is 2.73. The zero-order valence-corrected chi connectivity index (χ0v) is 12.2. The Kier molecular flexibility index (Phi) is 4.36. The first-order valence-corrected chi connectivity index (χ1v) is 7.11. The van der Waals surface area contributed by atoms with Crippen LogP contribution in [0.2, 0.25) is 0 Å². The van der Waals surface area contributed by atoms with Crippen LogP contribution in [0, 0.1) is 0 Å². The summed E-state index contributed by atoms with van der Waals surface area (Å²) in [5.74, 6) is 0.918. The van der Waals surface area contributed by atoms with E-state index in [0.29, 0.717) is 4.43 Å². The topological polar surface area (TPSA) is 26.3 Å². The maximum Gasteiger partial charge on any atom is 0.172 e. The SMILES string of the molecule is COc1ccc(C(=O)CI)cc1-c1ccccc1. The minimum Gasteiger partial charge on any atom is -0.496 e. The first-order chi connectivity index (χ1) is 8.76. The van der Waals surface area contributed by atoms with Gasteiger partial charge in [0.2, 0.25) is 0 Å². The second kappa shape index (κ2) is 6.00. The van der Waals surface area contributed by atoms with Crippen LogP contribution in [0.15, 0.2) is 48.5 Å². The predicted octanol–water partition coefficient (Wildman–Crippen LogP) is 3.98. The molecule has 0 unspecified atom stereocenters. The molecule has 92 valence electrons. The molecule has 2 rings (SSSR count). The lowest BCUT2D eigenvalue weighted by Gasteiger charge is -2.10. The van der Waals surface area contributed by atoms with Crippen LogP contribution in [0.1, 0.15) is 10.4 Å². The van der Waals surface area contributed by atoms with Gasteiger partial charge in [0.1, 0.15) is 5.75 Å². The summed E-state index contributed by atoms with van der Waals surface area (Å²) in [6.07, 6.45) is 0. The molecule has 0 aliphatic carbocycles. The molecule has 0 aliphatic rings. The number of benzene rings is 2. The molecule has 2 nitrogen and oxygen atoms in total. The van der Waals surface area contributed by atoms with E-state index in [1.54, 1.807) is 7.11 Å². The number of Topliss-reactive ketones (excluding diaryl/α,β-unsaturated/α-hetero) is 1. The monoisotopic (exact) mass is 352 g/mol. The number of ketones is 1. The molecule has 0 atom stereocenters. The fraction of sp³-hybridized carbons (Fsp3) is 0.133. The second-order valence-electron chi connectivity index (χ2n) is 3.84. The van der Waals surface area contributed by atoms with Crippen molar-refractivity contribution < 1.29 is 9.53 Å². The molecule has 0 spiro atoms. The molecular formula is C15H13IO2. The van der Waals surface area contributed by atoms with Crippen molar-refractivity contribution in [3.63, 3.8) is 0 Å². The molecule has 18 heavy (non-hydrogen) atoms. The molecule has 0 N–H and O–H groups in total. The number of halogens is 1. The molecular weight excluding hydrogens is 339 g/mol. The van der Waals surface area contributed by atoms with Gasteiger partial charge in [-0.1, -0.05) is 52.9 Å². The molecule has 0 aromatic heterocycles. The minimum absolute atomic E-state index is 0.135. The quantitative estimate of drug-likeness (QED) is 0.473. The molecule has 0 saturated carbocycles. The van der Waals surface area contributed by atoms with E-state index in [1.165, 1.54) is 0 Å². The number of alkyl halides is 1. The van der Waals surface area contributed by atoms with Crippen molar-refractivity contribution in [1.29, 1.82) is 0 Å². The lowest BCUT2D eigenvalue weighted by atomic mass is 10.0. The summed E-state index contributed by atoms with van der Waals surface area (Å²) in [6, 6.07) is 15.5. The molecule has 0 amide bonds. The van der Waals surface area contributed by atoms with Gasteiger partial charge >= 0.3 is 0 Å². The highest BCUT2D eigenvalue weighted by Gasteiger charge is 2.10. The van der Waals surface area contributed by atoms with Crippen molar-refractivity contribution in [2.75, 3.05) is 11.5 Å². The van der Waals surface area contributed by atoms with Crippen LogP contribution >= 0.6 is 22.6 Å². The smallest absolute Gasteiger partial charge is 0.172 e. The fourth-order valence-electron chi connectivity index (χ4n) is 1.80. The molecule has 0 radical (unpaired) electrons. The van der Waals surface area contributed by atoms with Gasteiger partial charge in [0, 0.05) is 11.1 Å². The Morgan fingerprint density at radius 3 is 2.50 bits per heavy atom. The molecule has 0 aliphatic heterocycles. The van der Waals surface area contributed by atoms with Crippen molar-refractivity contribution in [1.82, 2.24) is 0 Å². The van der Waals surface area contributed by atoms with Crippen LogP contribution in [0.4, 0.5) is 0 Å². The number of carbonyl (C=O) groups excluding carboxylic acids is 1. The summed E-state index contributed by atoms with van der Waals surface area (Å²) in [5.41, 5.74) is 2.73. The number of hydrogen-bond donors (Lipinski definition) is 0. The Hall–Kier alpha value is -1.36. The largest absolute Gasteiger partial charge is 0.496 e. The summed E-state index contributed by atoms with van der Waals surface area (Å²) >= 11 is 2.08. The maximum atomic E-state index is 11.7. The number of carbonyl (C=O) groups is 1. The Labute approximate surface area is 120 Å². The number of ether oxygens (including phenoxy) is 1. The van der Waals surface area contributed by atoms with Gasteiger partial charge in [-0.2, -0.15) is 0 Å². The first-order valence-electron chi connectivity index (χ1n) is 5.59. The Bertz CT molecular complexity index is 550. The zero-order valence-electron chi connectivity index (χ0n) is 10.0. The Morgan fingerprint density at radius 2 is 1.89 bits per heavy atom. The summed E-state index contributed by atoms with van der Waals surface area (Å²) < 4.78 is 5.84. The van der Waals surface area contributed by atoms with Crippen molar-refractivity contribution in [3.05, 3.63) is 54.1 Å². The van der Waals surface area contributed by atoms with Crippen LogP contribution in [0.3, 0.4) is 0 Å². The highest BCUT2D eigenvalue weighted by molar-refractivity contribution is 14.1. The highest BCUT2D eigenvalue weighted by Crippen LogP contribution is 2.30. The van der Waals surface area contributed by atoms with Crippen molar-refractivity contribution in [3.8, 4) is 16.9 Å². The average molecular weight is 352 g/mol. The third-order valence-corrected chi connectivity index (χ3v) is 3.42. The van der Waals surface area contributed by atoms with Crippen LogP contribution in [-0.2, 0) is 0 Å². The molecule has 0 fully saturated rings. The van der Waals surface area contributed by atoms with E-state index in [1.807, 2.05) is 48.5 Å². The van der Waals surface area contributed by atoms with E-state index in [4.69, 9.17) is 4.74 Å². The van der Waals surface area contributed by atoms with Gasteiger partial charge in [0.25, 0.3) is 0 Å². The van der Waals surface area contributed by atoms with Crippen LogP contribution < -0.4 is 4.74 Å². The summed E-state index contributed by atoms with van der Waals surface area (Å²) in [6.45, 7) is 0. The standard InChI is InChI=1S/C15H13IO2/c1-18-15-8-7-12(14(17)10-16)9-13(15)11-5-3-2-4-6-11/h2-9H,10H2,1H3. The van der Waals surface area contributed by atoms with E-state index in [9.17, 15) is 4.79 Å². The van der Waals surface area contributed by atoms with Crippen LogP contribution in [-0.4, -0.2) is 17.3 Å². The van der Waals surface area contributed by atoms with Gasteiger partial charge in [0.15, 0.2) is 5.78 Å². The van der Waals surface area contributed by atoms with Gasteiger partial charge in [0.05, 0.1) is 11.5 Å². The maximum absolute atomic E-state index is 11.7. The zero-order chi connectivity index (χ0) is 13.0. The third kappa shape index (κ3) is 2.72. The van der Waals surface area contributed by atoms with Gasteiger partial charge in [-0.25, -0.2) is 0 Å². The van der Waals surface area contributed by atoms with Crippen LogP contribution in [0.25, 0.3) is 11.1 Å². The molecule has 2 aromatic rings. The van der Waals surface area contributed by atoms with Crippen molar-refractivity contribution in [2.24, 2.45) is 0 Å². The molecule has 3 heteroatoms. The highest BCUT2D eigenvalue weighted by atomic mass is 127. The molecule has 0 bridgehead atoms. The normalized spacial score (nSPS) is 10.1. The van der Waals surface area contributed by atoms with Crippen molar-refractivity contribution >= 4 is 28.4 Å². The van der Waals surface area contributed by atoms with Crippen LogP contribution in [0.5, 0.6) is 5.75 Å². The van der Waals surface area contributed by atoms with E-state index in [0.717, 1.165) is 22.4 Å². The Balaban J connectivity index is 2.53. The van der Waals surface area contributed by atoms with Gasteiger partial charge in [-0.3, -0.25) is 4.79 Å². The first kappa shape index (κ1) is 13.1. The van der Waals surface area contributed by atoms with E-state index in [2.05, 4.69) is 22.6 Å². The molecule has 2 aromatic carbocycles. The Morgan fingerprint density at radius 1 is 1.17 bits per heavy atom. The second-order valence-corrected chi connectivity index (χ2v) is 4.60. The average Bonchev–Trinajstić information content (AvgIpc) is 2.46. The summed E-state index contributed by atoms with van der Waals surface area (Å²) in [4.78, 5) is 11.7. The van der Waals surface area contributed by atoms with E-state index < -0.39 is 0 Å². The van der Waals surface area contributed by atoms with Crippen molar-refractivity contribution in [2.45, 2.75) is 0 Å². The lowest BCUT2D eigenvalue weighted by Crippen LogP contribution is -2.00. The molecule has 0 saturated heterocycles. The van der Waals surface area contributed by atoms with Gasteiger partial charge in [-0.05, 0) is 23.8 Å².